The summed E-state index contributed by atoms with van der Waals surface area (Å²) < 4.78 is 31.7. The molecule has 138 valence electrons. The Kier molecular flexibility index (Phi) is 7.70. The SMILES string of the molecule is C=C(CNC)c1ccc(N)c(C2=CCCCC2)c1.O=C(O)C(F)(F)F. The van der Waals surface area contributed by atoms with Gasteiger partial charge >= 0.3 is 12.1 Å². The molecule has 7 heteroatoms. The Hall–Kier alpha value is -2.28. The number of nitrogens with two attached hydrogens (primary N) is 1. The number of carbonyl (C=O) groups is 1. The van der Waals surface area contributed by atoms with E-state index in [1.807, 2.05) is 13.1 Å². The topological polar surface area (TPSA) is 75.3 Å². The van der Waals surface area contributed by atoms with Crippen molar-refractivity contribution in [1.82, 2.24) is 5.32 Å². The van der Waals surface area contributed by atoms with Crippen molar-refractivity contribution in [3.63, 3.8) is 0 Å². The molecule has 25 heavy (non-hydrogen) atoms. The molecular weight excluding hydrogens is 333 g/mol. The molecular formula is C18H23F3N2O2. The fraction of sp³-hybridized carbons (Fsp3) is 0.389. The number of likely N-dealkylation sites (N-methyl/N-ethyl adjacent to an activating group) is 1. The largest absolute Gasteiger partial charge is 0.490 e. The summed E-state index contributed by atoms with van der Waals surface area (Å²) >= 11 is 0. The maximum Gasteiger partial charge on any atom is 0.490 e. The number of benzene rings is 1. The van der Waals surface area contributed by atoms with Gasteiger partial charge in [-0.05, 0) is 61.6 Å². The molecule has 0 saturated heterocycles. The highest BCUT2D eigenvalue weighted by Gasteiger charge is 2.38. The molecule has 0 saturated carbocycles. The molecule has 0 heterocycles. The lowest BCUT2D eigenvalue weighted by Crippen LogP contribution is -2.21. The normalized spacial score (nSPS) is 14.2. The second-order valence-electron chi connectivity index (χ2n) is 5.71. The highest BCUT2D eigenvalue weighted by Crippen LogP contribution is 2.32. The quantitative estimate of drug-likeness (QED) is 0.710. The number of allylic oxidation sites excluding steroid dienone is 2. The molecule has 4 N–H and O–H groups in total. The van der Waals surface area contributed by atoms with Gasteiger partial charge in [0.15, 0.2) is 0 Å². The number of nitrogen functional groups attached to an aromatic ring is 1. The van der Waals surface area contributed by atoms with Crippen molar-refractivity contribution in [2.75, 3.05) is 19.3 Å². The van der Waals surface area contributed by atoms with E-state index in [9.17, 15) is 13.2 Å². The maximum absolute atomic E-state index is 10.6. The lowest BCUT2D eigenvalue weighted by molar-refractivity contribution is -0.192. The van der Waals surface area contributed by atoms with Crippen LogP contribution in [-0.2, 0) is 4.79 Å². The molecule has 1 aliphatic rings. The van der Waals surface area contributed by atoms with Gasteiger partial charge in [0.25, 0.3) is 0 Å². The smallest absolute Gasteiger partial charge is 0.475 e. The Morgan fingerprint density at radius 1 is 1.36 bits per heavy atom. The second-order valence-corrected chi connectivity index (χ2v) is 5.71. The van der Waals surface area contributed by atoms with Crippen molar-refractivity contribution < 1.29 is 23.1 Å². The molecule has 4 nitrogen and oxygen atoms in total. The summed E-state index contributed by atoms with van der Waals surface area (Å²) in [6.45, 7) is 4.92. The number of nitrogens with one attached hydrogen (secondary N) is 1. The zero-order chi connectivity index (χ0) is 19.0. The molecule has 0 atom stereocenters. The molecule has 0 amide bonds. The highest BCUT2D eigenvalue weighted by atomic mass is 19.4. The van der Waals surface area contributed by atoms with Crippen LogP contribution >= 0.6 is 0 Å². The Morgan fingerprint density at radius 3 is 2.48 bits per heavy atom. The third-order valence-electron chi connectivity index (χ3n) is 3.73. The number of aliphatic carboxylic acids is 1. The van der Waals surface area contributed by atoms with E-state index in [1.54, 1.807) is 0 Å². The Balaban J connectivity index is 0.000000381. The van der Waals surface area contributed by atoms with Gasteiger partial charge in [-0.1, -0.05) is 18.7 Å². The van der Waals surface area contributed by atoms with Gasteiger partial charge in [0.1, 0.15) is 0 Å². The second kappa shape index (κ2) is 9.27. The third-order valence-corrected chi connectivity index (χ3v) is 3.73. The van der Waals surface area contributed by atoms with Crippen LogP contribution in [0.15, 0.2) is 30.9 Å². The van der Waals surface area contributed by atoms with E-state index >= 15 is 0 Å². The van der Waals surface area contributed by atoms with Crippen LogP contribution in [0.1, 0.15) is 36.8 Å². The van der Waals surface area contributed by atoms with Crippen LogP contribution in [0.5, 0.6) is 0 Å². The number of alkyl halides is 3. The lowest BCUT2D eigenvalue weighted by Gasteiger charge is -2.16. The molecule has 1 aliphatic carbocycles. The van der Waals surface area contributed by atoms with E-state index in [4.69, 9.17) is 15.6 Å². The summed E-state index contributed by atoms with van der Waals surface area (Å²) in [7, 11) is 1.94. The van der Waals surface area contributed by atoms with Crippen LogP contribution in [-0.4, -0.2) is 30.8 Å². The predicted molar refractivity (Wildman–Crippen MR) is 94.0 cm³/mol. The number of rotatable bonds is 4. The van der Waals surface area contributed by atoms with Crippen LogP contribution in [0.3, 0.4) is 0 Å². The van der Waals surface area contributed by atoms with Gasteiger partial charge in [0.05, 0.1) is 0 Å². The number of halogens is 3. The van der Waals surface area contributed by atoms with Crippen molar-refractivity contribution in [2.24, 2.45) is 0 Å². The van der Waals surface area contributed by atoms with E-state index in [0.29, 0.717) is 0 Å². The van der Waals surface area contributed by atoms with Crippen LogP contribution in [0.25, 0.3) is 11.1 Å². The average molecular weight is 356 g/mol. The summed E-state index contributed by atoms with van der Waals surface area (Å²) in [6, 6.07) is 6.25. The predicted octanol–water partition coefficient (Wildman–Crippen LogP) is 4.09. The fourth-order valence-electron chi connectivity index (χ4n) is 2.45. The van der Waals surface area contributed by atoms with Crippen molar-refractivity contribution in [3.8, 4) is 0 Å². The van der Waals surface area contributed by atoms with Crippen molar-refractivity contribution in [1.29, 1.82) is 0 Å². The fourth-order valence-corrected chi connectivity index (χ4v) is 2.45. The number of carboxylic acids is 1. The monoisotopic (exact) mass is 356 g/mol. The Morgan fingerprint density at radius 2 is 2.00 bits per heavy atom. The average Bonchev–Trinajstić information content (AvgIpc) is 2.56. The van der Waals surface area contributed by atoms with Crippen molar-refractivity contribution in [2.45, 2.75) is 31.9 Å². The van der Waals surface area contributed by atoms with E-state index in [0.717, 1.165) is 24.2 Å². The summed E-state index contributed by atoms with van der Waals surface area (Å²) in [4.78, 5) is 8.90. The van der Waals surface area contributed by atoms with E-state index in [-0.39, 0.29) is 0 Å². The van der Waals surface area contributed by atoms with Crippen LogP contribution < -0.4 is 11.1 Å². The number of hydrogen-bond acceptors (Lipinski definition) is 3. The molecule has 1 aromatic rings. The molecule has 0 aliphatic heterocycles. The number of hydrogen-bond donors (Lipinski definition) is 3. The number of carboxylic acid groups (broad SMARTS) is 1. The van der Waals surface area contributed by atoms with Gasteiger partial charge in [-0.15, -0.1) is 0 Å². The first-order valence-corrected chi connectivity index (χ1v) is 7.88. The van der Waals surface area contributed by atoms with Gasteiger partial charge in [-0.25, -0.2) is 4.79 Å². The van der Waals surface area contributed by atoms with Gasteiger partial charge in [-0.2, -0.15) is 13.2 Å². The molecule has 0 aromatic heterocycles. The lowest BCUT2D eigenvalue weighted by atomic mass is 9.91. The zero-order valence-corrected chi connectivity index (χ0v) is 14.1. The molecule has 0 spiro atoms. The molecule has 0 fully saturated rings. The standard InChI is InChI=1S/C16H22N2.C2HF3O2/c1-12(11-18-2)14-8-9-16(17)15(10-14)13-6-4-3-5-7-13;3-2(4,5)1(6)7/h6,8-10,18H,1,3-5,7,11,17H2,2H3;(H,6,7). The van der Waals surface area contributed by atoms with Gasteiger partial charge in [0.2, 0.25) is 0 Å². The summed E-state index contributed by atoms with van der Waals surface area (Å²) in [5.41, 5.74) is 11.9. The molecule has 1 aromatic carbocycles. The first-order valence-electron chi connectivity index (χ1n) is 7.88. The van der Waals surface area contributed by atoms with Crippen LogP contribution in [0, 0.1) is 0 Å². The Bertz CT molecular complexity index is 652. The highest BCUT2D eigenvalue weighted by molar-refractivity contribution is 5.79. The summed E-state index contributed by atoms with van der Waals surface area (Å²) in [5, 5.41) is 10.3. The van der Waals surface area contributed by atoms with Crippen LogP contribution in [0.2, 0.25) is 0 Å². The van der Waals surface area contributed by atoms with Crippen LogP contribution in [0.4, 0.5) is 18.9 Å². The minimum absolute atomic E-state index is 0.808. The van der Waals surface area contributed by atoms with E-state index in [2.05, 4.69) is 30.1 Å². The molecule has 0 bridgehead atoms. The molecule has 0 unspecified atom stereocenters. The van der Waals surface area contributed by atoms with E-state index in [1.165, 1.54) is 36.0 Å². The first kappa shape index (κ1) is 20.8. The zero-order valence-electron chi connectivity index (χ0n) is 14.1. The van der Waals surface area contributed by atoms with Crippen molar-refractivity contribution in [3.05, 3.63) is 42.0 Å². The van der Waals surface area contributed by atoms with Gasteiger partial charge in [-0.3, -0.25) is 0 Å². The van der Waals surface area contributed by atoms with Gasteiger partial charge < -0.3 is 16.2 Å². The maximum atomic E-state index is 10.6. The minimum Gasteiger partial charge on any atom is -0.475 e. The van der Waals surface area contributed by atoms with E-state index < -0.39 is 12.1 Å². The summed E-state index contributed by atoms with van der Waals surface area (Å²) in [5.74, 6) is -2.76. The minimum atomic E-state index is -5.08. The molecule has 2 rings (SSSR count). The third kappa shape index (κ3) is 6.62. The van der Waals surface area contributed by atoms with Gasteiger partial charge in [0, 0.05) is 17.8 Å². The first-order chi connectivity index (χ1) is 11.7. The summed E-state index contributed by atoms with van der Waals surface area (Å²) in [6.07, 6.45) is 2.14. The van der Waals surface area contributed by atoms with Crippen molar-refractivity contribution >= 4 is 22.8 Å². The Labute approximate surface area is 145 Å². The molecule has 0 radical (unpaired) electrons. The number of anilines is 1.